The molecule has 3 nitrogen and oxygen atoms in total. The van der Waals surface area contributed by atoms with Crippen molar-refractivity contribution < 1.29 is 9.53 Å². The fourth-order valence-corrected chi connectivity index (χ4v) is 2.15. The van der Waals surface area contributed by atoms with Gasteiger partial charge >= 0.3 is 5.97 Å². The second-order valence-electron chi connectivity index (χ2n) is 4.46. The van der Waals surface area contributed by atoms with Gasteiger partial charge < -0.3 is 10.1 Å². The third kappa shape index (κ3) is 3.31. The van der Waals surface area contributed by atoms with Crippen molar-refractivity contribution in [1.82, 2.24) is 0 Å². The molecule has 0 fully saturated rings. The number of ether oxygens (including phenoxy) is 1. The third-order valence-corrected chi connectivity index (χ3v) is 3.29. The maximum absolute atomic E-state index is 11.8. The fraction of sp³-hybridized carbons (Fsp3) is 0.188. The Kier molecular flexibility index (Phi) is 4.64. The Morgan fingerprint density at radius 3 is 2.55 bits per heavy atom. The maximum Gasteiger partial charge on any atom is 0.339 e. The number of esters is 1. The Morgan fingerprint density at radius 2 is 1.90 bits per heavy atom. The molecule has 1 N–H and O–H groups in total. The molecule has 0 aliphatic rings. The topological polar surface area (TPSA) is 38.3 Å². The highest BCUT2D eigenvalue weighted by Gasteiger charge is 2.14. The fourth-order valence-electron chi connectivity index (χ4n) is 1.98. The van der Waals surface area contributed by atoms with E-state index in [9.17, 15) is 4.79 Å². The molecule has 0 amide bonds. The molecule has 0 aliphatic heterocycles. The molecule has 20 heavy (non-hydrogen) atoms. The van der Waals surface area contributed by atoms with Crippen molar-refractivity contribution in [3.63, 3.8) is 0 Å². The van der Waals surface area contributed by atoms with Crippen LogP contribution in [-0.4, -0.2) is 13.1 Å². The van der Waals surface area contributed by atoms with Crippen LogP contribution in [0.5, 0.6) is 0 Å². The summed E-state index contributed by atoms with van der Waals surface area (Å²) >= 11 is 6.00. The molecular weight excluding hydrogens is 274 g/mol. The molecule has 0 spiro atoms. The average Bonchev–Trinajstić information content (AvgIpc) is 2.47. The number of hydrogen-bond acceptors (Lipinski definition) is 3. The SMILES string of the molecule is COC(=O)c1ccc(Cl)cc1NC(C)c1ccccc1. The maximum atomic E-state index is 11.8. The van der Waals surface area contributed by atoms with Gasteiger partial charge in [-0.15, -0.1) is 0 Å². The Balaban J connectivity index is 2.28. The highest BCUT2D eigenvalue weighted by atomic mass is 35.5. The first-order valence-corrected chi connectivity index (χ1v) is 6.69. The molecule has 0 saturated heterocycles. The number of carbonyl (C=O) groups is 1. The normalized spacial score (nSPS) is 11.8. The number of hydrogen-bond donors (Lipinski definition) is 1. The monoisotopic (exact) mass is 289 g/mol. The van der Waals surface area contributed by atoms with Crippen molar-refractivity contribution in [1.29, 1.82) is 0 Å². The number of carbonyl (C=O) groups excluding carboxylic acids is 1. The van der Waals surface area contributed by atoms with Gasteiger partial charge in [0.05, 0.1) is 18.4 Å². The molecule has 2 aromatic carbocycles. The number of halogens is 1. The zero-order valence-corrected chi connectivity index (χ0v) is 12.1. The quantitative estimate of drug-likeness (QED) is 0.853. The summed E-state index contributed by atoms with van der Waals surface area (Å²) in [6.07, 6.45) is 0. The number of nitrogens with one attached hydrogen (secondary N) is 1. The van der Waals surface area contributed by atoms with Gasteiger partial charge in [0.2, 0.25) is 0 Å². The van der Waals surface area contributed by atoms with E-state index >= 15 is 0 Å². The van der Waals surface area contributed by atoms with E-state index in [1.54, 1.807) is 18.2 Å². The smallest absolute Gasteiger partial charge is 0.339 e. The highest BCUT2D eigenvalue weighted by molar-refractivity contribution is 6.31. The zero-order chi connectivity index (χ0) is 14.5. The molecular formula is C16H16ClNO2. The van der Waals surface area contributed by atoms with Crippen LogP contribution in [0.1, 0.15) is 28.9 Å². The van der Waals surface area contributed by atoms with Crippen LogP contribution in [0, 0.1) is 0 Å². The number of anilines is 1. The van der Waals surface area contributed by atoms with Gasteiger partial charge in [-0.25, -0.2) is 4.79 Å². The standard InChI is InChI=1S/C16H16ClNO2/c1-11(12-6-4-3-5-7-12)18-15-10-13(17)8-9-14(15)16(19)20-2/h3-11,18H,1-2H3. The minimum Gasteiger partial charge on any atom is -0.465 e. The molecule has 0 aromatic heterocycles. The predicted molar refractivity (Wildman–Crippen MR) is 81.3 cm³/mol. The summed E-state index contributed by atoms with van der Waals surface area (Å²) in [5.41, 5.74) is 2.27. The van der Waals surface area contributed by atoms with Gasteiger partial charge in [-0.3, -0.25) is 0 Å². The first-order valence-electron chi connectivity index (χ1n) is 6.31. The summed E-state index contributed by atoms with van der Waals surface area (Å²) < 4.78 is 4.78. The summed E-state index contributed by atoms with van der Waals surface area (Å²) in [5.74, 6) is -0.385. The van der Waals surface area contributed by atoms with Crippen LogP contribution in [0.25, 0.3) is 0 Å². The van der Waals surface area contributed by atoms with E-state index < -0.39 is 0 Å². The average molecular weight is 290 g/mol. The summed E-state index contributed by atoms with van der Waals surface area (Å²) in [6, 6.07) is 15.1. The van der Waals surface area contributed by atoms with E-state index in [1.807, 2.05) is 37.3 Å². The van der Waals surface area contributed by atoms with Crippen molar-refractivity contribution in [3.05, 3.63) is 64.7 Å². The largest absolute Gasteiger partial charge is 0.465 e. The van der Waals surface area contributed by atoms with Gasteiger partial charge in [0.1, 0.15) is 0 Å². The van der Waals surface area contributed by atoms with E-state index in [-0.39, 0.29) is 12.0 Å². The molecule has 1 unspecified atom stereocenters. The number of rotatable bonds is 4. The minimum absolute atomic E-state index is 0.0538. The zero-order valence-electron chi connectivity index (χ0n) is 11.4. The summed E-state index contributed by atoms with van der Waals surface area (Å²) in [7, 11) is 1.36. The van der Waals surface area contributed by atoms with Gasteiger partial charge in [-0.2, -0.15) is 0 Å². The van der Waals surface area contributed by atoms with Gasteiger partial charge in [0.25, 0.3) is 0 Å². The molecule has 104 valence electrons. The van der Waals surface area contributed by atoms with Gasteiger partial charge in [-0.1, -0.05) is 41.9 Å². The van der Waals surface area contributed by atoms with Gasteiger partial charge in [0.15, 0.2) is 0 Å². The molecule has 4 heteroatoms. The van der Waals surface area contributed by atoms with E-state index in [0.717, 1.165) is 5.56 Å². The molecule has 0 aliphatic carbocycles. The highest BCUT2D eigenvalue weighted by Crippen LogP contribution is 2.26. The van der Waals surface area contributed by atoms with E-state index in [2.05, 4.69) is 5.32 Å². The van der Waals surface area contributed by atoms with Crippen LogP contribution < -0.4 is 5.32 Å². The summed E-state index contributed by atoms with van der Waals surface area (Å²) in [6.45, 7) is 2.03. The lowest BCUT2D eigenvalue weighted by molar-refractivity contribution is 0.0602. The summed E-state index contributed by atoms with van der Waals surface area (Å²) in [5, 5.41) is 3.87. The van der Waals surface area contributed by atoms with Crippen molar-refractivity contribution >= 4 is 23.3 Å². The Morgan fingerprint density at radius 1 is 1.20 bits per heavy atom. The second-order valence-corrected chi connectivity index (χ2v) is 4.89. The third-order valence-electron chi connectivity index (χ3n) is 3.06. The first-order chi connectivity index (χ1) is 9.61. The molecule has 0 bridgehead atoms. The molecule has 0 heterocycles. The second kappa shape index (κ2) is 6.44. The van der Waals surface area contributed by atoms with Crippen molar-refractivity contribution in [2.45, 2.75) is 13.0 Å². The molecule has 0 saturated carbocycles. The lowest BCUT2D eigenvalue weighted by Crippen LogP contribution is -2.11. The lowest BCUT2D eigenvalue weighted by atomic mass is 10.1. The lowest BCUT2D eigenvalue weighted by Gasteiger charge is -2.18. The van der Waals surface area contributed by atoms with Crippen LogP contribution >= 0.6 is 11.6 Å². The van der Waals surface area contributed by atoms with E-state index in [4.69, 9.17) is 16.3 Å². The van der Waals surface area contributed by atoms with Gasteiger partial charge in [0, 0.05) is 11.1 Å². The van der Waals surface area contributed by atoms with Crippen LogP contribution in [0.15, 0.2) is 48.5 Å². The van der Waals surface area contributed by atoms with E-state index in [0.29, 0.717) is 16.3 Å². The Bertz CT molecular complexity index is 599. The van der Waals surface area contributed by atoms with Crippen molar-refractivity contribution in [3.8, 4) is 0 Å². The van der Waals surface area contributed by atoms with Crippen LogP contribution in [0.4, 0.5) is 5.69 Å². The Labute approximate surface area is 123 Å². The molecule has 0 radical (unpaired) electrons. The van der Waals surface area contributed by atoms with E-state index in [1.165, 1.54) is 7.11 Å². The minimum atomic E-state index is -0.385. The van der Waals surface area contributed by atoms with Crippen molar-refractivity contribution in [2.24, 2.45) is 0 Å². The van der Waals surface area contributed by atoms with Gasteiger partial charge in [-0.05, 0) is 30.7 Å². The first kappa shape index (κ1) is 14.4. The van der Waals surface area contributed by atoms with Crippen LogP contribution in [0.3, 0.4) is 0 Å². The van der Waals surface area contributed by atoms with Crippen molar-refractivity contribution in [2.75, 3.05) is 12.4 Å². The predicted octanol–water partition coefficient (Wildman–Crippen LogP) is 4.30. The number of methoxy groups -OCH3 is 1. The molecule has 2 rings (SSSR count). The molecule has 1 atom stereocenters. The van der Waals surface area contributed by atoms with Crippen LogP contribution in [-0.2, 0) is 4.74 Å². The summed E-state index contributed by atoms with van der Waals surface area (Å²) in [4.78, 5) is 11.8. The van der Waals surface area contributed by atoms with Crippen LogP contribution in [0.2, 0.25) is 5.02 Å². The number of benzene rings is 2. The molecule has 2 aromatic rings. The Hall–Kier alpha value is -2.00.